The van der Waals surface area contributed by atoms with Crippen LogP contribution in [0.1, 0.15) is 53.2 Å². The maximum Gasteiger partial charge on any atom is 0.232 e. The van der Waals surface area contributed by atoms with Gasteiger partial charge in [-0.2, -0.15) is 0 Å². The van der Waals surface area contributed by atoms with Crippen molar-refractivity contribution in [3.8, 4) is 0 Å². The summed E-state index contributed by atoms with van der Waals surface area (Å²) in [5.41, 5.74) is 1.67. The second-order valence-corrected chi connectivity index (χ2v) is 9.81. The molecule has 0 saturated heterocycles. The van der Waals surface area contributed by atoms with Gasteiger partial charge in [0.05, 0.1) is 17.8 Å². The second kappa shape index (κ2) is 9.65. The summed E-state index contributed by atoms with van der Waals surface area (Å²) in [4.78, 5) is 18.9. The van der Waals surface area contributed by atoms with Crippen LogP contribution >= 0.6 is 22.7 Å². The molecule has 9 nitrogen and oxygen atoms in total. The number of hydrogen-bond donors (Lipinski definition) is 2. The van der Waals surface area contributed by atoms with Gasteiger partial charge in [-0.3, -0.25) is 9.78 Å². The van der Waals surface area contributed by atoms with Crippen LogP contribution in [0, 0.1) is 0 Å². The standard InChI is InChI=1S/C20H26N8OS2/c1-21-19-26-24-17(30-19)12-6-4-7-13(10-12)18-25-27-20(31-18)23-16(29)11-14-15(28(2)3)8-5-9-22-14/h5,8-9,12-13H,4,6-7,10-11H2,1-3H3,(H,21,26)(H,23,27,29)/t12-,13?/m0/s1. The zero-order valence-corrected chi connectivity index (χ0v) is 19.5. The van der Waals surface area contributed by atoms with Crippen LogP contribution in [-0.2, 0) is 11.2 Å². The molecule has 3 aromatic rings. The van der Waals surface area contributed by atoms with Crippen LogP contribution in [-0.4, -0.2) is 52.4 Å². The van der Waals surface area contributed by atoms with Crippen LogP contribution in [0.2, 0.25) is 0 Å². The highest BCUT2D eigenvalue weighted by Gasteiger charge is 2.29. The molecule has 2 N–H and O–H groups in total. The lowest BCUT2D eigenvalue weighted by Gasteiger charge is -2.25. The van der Waals surface area contributed by atoms with E-state index in [0.717, 1.165) is 52.2 Å². The third-order valence-electron chi connectivity index (χ3n) is 5.39. The lowest BCUT2D eigenvalue weighted by Crippen LogP contribution is -2.18. The maximum absolute atomic E-state index is 12.6. The lowest BCUT2D eigenvalue weighted by atomic mass is 9.82. The van der Waals surface area contributed by atoms with Gasteiger partial charge in [-0.1, -0.05) is 29.1 Å². The zero-order valence-electron chi connectivity index (χ0n) is 17.8. The van der Waals surface area contributed by atoms with Gasteiger partial charge in [0.1, 0.15) is 10.0 Å². The number of hydrogen-bond acceptors (Lipinski definition) is 10. The van der Waals surface area contributed by atoms with E-state index in [1.165, 1.54) is 11.3 Å². The Bertz CT molecular complexity index is 1030. The number of aromatic nitrogens is 5. The van der Waals surface area contributed by atoms with Crippen LogP contribution in [0.15, 0.2) is 18.3 Å². The highest BCUT2D eigenvalue weighted by Crippen LogP contribution is 2.43. The van der Waals surface area contributed by atoms with Crippen molar-refractivity contribution < 1.29 is 4.79 Å². The Labute approximate surface area is 189 Å². The number of nitrogens with one attached hydrogen (secondary N) is 2. The van der Waals surface area contributed by atoms with Crippen molar-refractivity contribution in [2.75, 3.05) is 36.7 Å². The van der Waals surface area contributed by atoms with E-state index in [-0.39, 0.29) is 12.3 Å². The van der Waals surface area contributed by atoms with Crippen molar-refractivity contribution in [1.29, 1.82) is 0 Å². The van der Waals surface area contributed by atoms with Crippen molar-refractivity contribution in [3.63, 3.8) is 0 Å². The van der Waals surface area contributed by atoms with Gasteiger partial charge >= 0.3 is 0 Å². The predicted octanol–water partition coefficient (Wildman–Crippen LogP) is 3.51. The fraction of sp³-hybridized carbons (Fsp3) is 0.500. The molecule has 3 heterocycles. The topological polar surface area (TPSA) is 109 Å². The Balaban J connectivity index is 1.38. The molecule has 1 fully saturated rings. The molecule has 0 aromatic carbocycles. The summed E-state index contributed by atoms with van der Waals surface area (Å²) in [7, 11) is 5.74. The number of amides is 1. The van der Waals surface area contributed by atoms with Gasteiger partial charge in [-0.05, 0) is 31.4 Å². The van der Waals surface area contributed by atoms with Gasteiger partial charge in [-0.15, -0.1) is 20.4 Å². The van der Waals surface area contributed by atoms with Crippen molar-refractivity contribution in [2.24, 2.45) is 0 Å². The number of carbonyl (C=O) groups is 1. The zero-order chi connectivity index (χ0) is 21.8. The summed E-state index contributed by atoms with van der Waals surface area (Å²) in [6.07, 6.45) is 6.21. The molecule has 1 aliphatic rings. The lowest BCUT2D eigenvalue weighted by molar-refractivity contribution is -0.115. The first-order valence-electron chi connectivity index (χ1n) is 10.3. The summed E-state index contributed by atoms with van der Waals surface area (Å²) in [6.45, 7) is 0. The van der Waals surface area contributed by atoms with E-state index in [4.69, 9.17) is 0 Å². The largest absolute Gasteiger partial charge is 0.376 e. The minimum atomic E-state index is -0.139. The molecular formula is C20H26N8OS2. The Morgan fingerprint density at radius 1 is 1.10 bits per heavy atom. The molecule has 1 aliphatic carbocycles. The van der Waals surface area contributed by atoms with Gasteiger partial charge < -0.3 is 15.5 Å². The van der Waals surface area contributed by atoms with Crippen molar-refractivity contribution in [1.82, 2.24) is 25.4 Å². The molecule has 11 heteroatoms. The summed E-state index contributed by atoms with van der Waals surface area (Å²) in [5, 5.41) is 26.5. The molecule has 0 radical (unpaired) electrons. The predicted molar refractivity (Wildman–Crippen MR) is 124 cm³/mol. The highest BCUT2D eigenvalue weighted by atomic mass is 32.1. The Kier molecular flexibility index (Phi) is 6.71. The summed E-state index contributed by atoms with van der Waals surface area (Å²) < 4.78 is 0. The minimum Gasteiger partial charge on any atom is -0.376 e. The van der Waals surface area contributed by atoms with Gasteiger partial charge in [0.2, 0.25) is 16.2 Å². The maximum atomic E-state index is 12.6. The van der Waals surface area contributed by atoms with E-state index in [2.05, 4.69) is 36.0 Å². The van der Waals surface area contributed by atoms with Crippen molar-refractivity contribution in [3.05, 3.63) is 34.0 Å². The fourth-order valence-electron chi connectivity index (χ4n) is 3.88. The molecule has 1 unspecified atom stereocenters. The number of rotatable bonds is 7. The van der Waals surface area contributed by atoms with E-state index in [0.29, 0.717) is 17.0 Å². The van der Waals surface area contributed by atoms with Crippen LogP contribution in [0.5, 0.6) is 0 Å². The van der Waals surface area contributed by atoms with Gasteiger partial charge in [0, 0.05) is 39.2 Å². The third-order valence-corrected chi connectivity index (χ3v) is 7.49. The molecular weight excluding hydrogens is 432 g/mol. The van der Waals surface area contributed by atoms with Crippen molar-refractivity contribution in [2.45, 2.75) is 43.9 Å². The minimum absolute atomic E-state index is 0.139. The van der Waals surface area contributed by atoms with E-state index in [9.17, 15) is 4.79 Å². The number of anilines is 3. The van der Waals surface area contributed by atoms with Crippen LogP contribution in [0.25, 0.3) is 0 Å². The first-order chi connectivity index (χ1) is 15.0. The van der Waals surface area contributed by atoms with E-state index in [1.807, 2.05) is 38.2 Å². The van der Waals surface area contributed by atoms with E-state index < -0.39 is 0 Å². The average molecular weight is 459 g/mol. The van der Waals surface area contributed by atoms with Crippen LogP contribution in [0.4, 0.5) is 16.0 Å². The van der Waals surface area contributed by atoms with Gasteiger partial charge in [0.15, 0.2) is 0 Å². The van der Waals surface area contributed by atoms with E-state index in [1.54, 1.807) is 17.5 Å². The second-order valence-electron chi connectivity index (χ2n) is 7.79. The van der Waals surface area contributed by atoms with E-state index >= 15 is 0 Å². The summed E-state index contributed by atoms with van der Waals surface area (Å²) >= 11 is 3.09. The first kappa shape index (κ1) is 21.6. The number of carbonyl (C=O) groups excluding carboxylic acids is 1. The molecule has 1 amide bonds. The van der Waals surface area contributed by atoms with Crippen LogP contribution in [0.3, 0.4) is 0 Å². The molecule has 3 aromatic heterocycles. The van der Waals surface area contributed by atoms with Gasteiger partial charge in [-0.25, -0.2) is 0 Å². The Morgan fingerprint density at radius 2 is 1.77 bits per heavy atom. The smallest absolute Gasteiger partial charge is 0.232 e. The summed E-state index contributed by atoms with van der Waals surface area (Å²) in [6, 6.07) is 3.82. The monoisotopic (exact) mass is 458 g/mol. The fourth-order valence-corrected chi connectivity index (χ4v) is 5.63. The molecule has 0 aliphatic heterocycles. The normalized spacial score (nSPS) is 18.5. The SMILES string of the molecule is CNc1nnc([C@H]2CCCC(c3nnc(NC(=O)Cc4ncccc4N(C)C)s3)C2)s1. The third kappa shape index (κ3) is 5.16. The first-order valence-corrected chi connectivity index (χ1v) is 11.9. The van der Waals surface area contributed by atoms with Crippen molar-refractivity contribution >= 4 is 44.5 Å². The summed E-state index contributed by atoms with van der Waals surface area (Å²) in [5.74, 6) is 0.591. The Hall–Kier alpha value is -2.66. The molecule has 31 heavy (non-hydrogen) atoms. The molecule has 0 spiro atoms. The van der Waals surface area contributed by atoms with Gasteiger partial charge in [0.25, 0.3) is 0 Å². The number of nitrogens with zero attached hydrogens (tertiary/aromatic N) is 6. The molecule has 164 valence electrons. The molecule has 2 atom stereocenters. The van der Waals surface area contributed by atoms with Crippen LogP contribution < -0.4 is 15.5 Å². The number of pyridine rings is 1. The molecule has 1 saturated carbocycles. The average Bonchev–Trinajstić information content (AvgIpc) is 3.44. The quantitative estimate of drug-likeness (QED) is 0.554. The molecule has 4 rings (SSSR count). The highest BCUT2D eigenvalue weighted by molar-refractivity contribution is 7.15. The Morgan fingerprint density at radius 3 is 2.42 bits per heavy atom. The molecule has 0 bridgehead atoms.